The lowest BCUT2D eigenvalue weighted by Gasteiger charge is -2.32. The summed E-state index contributed by atoms with van der Waals surface area (Å²) in [6.07, 6.45) is 5.50. The zero-order valence-electron chi connectivity index (χ0n) is 23.2. The Morgan fingerprint density at radius 1 is 0.881 bits per heavy atom. The number of aryl methyl sites for hydroxylation is 1. The number of hydrogen-bond acceptors (Lipinski definition) is 8. The van der Waals surface area contributed by atoms with Crippen LogP contribution in [0.4, 0.5) is 11.6 Å². The van der Waals surface area contributed by atoms with Crippen LogP contribution in [0.5, 0.6) is 0 Å². The highest BCUT2D eigenvalue weighted by Gasteiger charge is 2.21. The number of primary sulfonamides is 1. The number of sulfonamides is 1. The molecule has 0 atom stereocenters. The third-order valence-electron chi connectivity index (χ3n) is 7.42. The Kier molecular flexibility index (Phi) is 7.19. The van der Waals surface area contributed by atoms with E-state index in [0.717, 1.165) is 40.7 Å². The number of hydrogen-bond donors (Lipinski definition) is 2. The van der Waals surface area contributed by atoms with Crippen LogP contribution in [0.15, 0.2) is 84.1 Å². The van der Waals surface area contributed by atoms with Crippen molar-refractivity contribution in [2.75, 3.05) is 38.5 Å². The number of likely N-dealkylation sites (N-methyl/N-ethyl adjacent to an activating group) is 1. The van der Waals surface area contributed by atoms with Gasteiger partial charge in [-0.05, 0) is 54.6 Å². The van der Waals surface area contributed by atoms with Crippen molar-refractivity contribution in [3.63, 3.8) is 0 Å². The molecule has 0 saturated carbocycles. The van der Waals surface area contributed by atoms with Crippen molar-refractivity contribution in [2.45, 2.75) is 4.90 Å². The Hall–Kier alpha value is -4.65. The van der Waals surface area contributed by atoms with Crippen LogP contribution in [0.1, 0.15) is 10.4 Å². The van der Waals surface area contributed by atoms with E-state index in [1.54, 1.807) is 23.0 Å². The number of anilines is 2. The van der Waals surface area contributed by atoms with Gasteiger partial charge >= 0.3 is 0 Å². The number of benzene rings is 3. The maximum absolute atomic E-state index is 13.2. The Morgan fingerprint density at radius 3 is 2.24 bits per heavy atom. The highest BCUT2D eigenvalue weighted by atomic mass is 32.2. The quantitative estimate of drug-likeness (QED) is 0.310. The third-order valence-corrected chi connectivity index (χ3v) is 8.35. The van der Waals surface area contributed by atoms with Gasteiger partial charge in [0, 0.05) is 73.4 Å². The Bertz CT molecular complexity index is 1880. The normalized spacial score (nSPS) is 14.3. The van der Waals surface area contributed by atoms with Crippen LogP contribution < -0.4 is 10.5 Å². The van der Waals surface area contributed by atoms with E-state index in [4.69, 9.17) is 10.1 Å². The molecule has 1 aliphatic rings. The van der Waals surface area contributed by atoms with Crippen molar-refractivity contribution >= 4 is 38.5 Å². The van der Waals surface area contributed by atoms with Crippen LogP contribution in [0.2, 0.25) is 0 Å². The average Bonchev–Trinajstić information content (AvgIpc) is 3.42. The molecule has 2 aromatic heterocycles. The highest BCUT2D eigenvalue weighted by Crippen LogP contribution is 2.38. The van der Waals surface area contributed by atoms with Crippen LogP contribution in [0.3, 0.4) is 0 Å². The summed E-state index contributed by atoms with van der Waals surface area (Å²) in [7, 11) is 0.138. The Balaban J connectivity index is 1.40. The molecule has 1 aliphatic heterocycles. The first-order chi connectivity index (χ1) is 20.2. The van der Waals surface area contributed by atoms with E-state index in [2.05, 4.69) is 27.3 Å². The number of amides is 1. The largest absolute Gasteiger partial charge is 0.336 e. The van der Waals surface area contributed by atoms with Gasteiger partial charge in [0.1, 0.15) is 0 Å². The monoisotopic (exact) mass is 582 g/mol. The number of carbonyl (C=O) groups is 1. The number of nitrogens with two attached hydrogens (primary N) is 1. The Labute approximate surface area is 243 Å². The molecule has 1 saturated heterocycles. The SMILES string of the molecule is CN1CCN(C(=O)c2ccc(-c3c(-c4cnn(C)c4)ccc4cnc(Nc5ccc(S(N)(=O)=O)cc5)nc34)cc2)CC1. The summed E-state index contributed by atoms with van der Waals surface area (Å²) in [5.41, 5.74) is 5.62. The molecular weight excluding hydrogens is 552 g/mol. The number of carbonyl (C=O) groups excluding carboxylic acids is 1. The second kappa shape index (κ2) is 11.0. The molecule has 214 valence electrons. The van der Waals surface area contributed by atoms with Gasteiger partial charge in [-0.15, -0.1) is 0 Å². The Morgan fingerprint density at radius 2 is 1.60 bits per heavy atom. The molecule has 0 aliphatic carbocycles. The van der Waals surface area contributed by atoms with E-state index in [1.807, 2.05) is 60.7 Å². The average molecular weight is 583 g/mol. The van der Waals surface area contributed by atoms with Crippen molar-refractivity contribution in [3.05, 3.63) is 84.8 Å². The number of nitrogens with one attached hydrogen (secondary N) is 1. The number of rotatable bonds is 6. The minimum atomic E-state index is -3.80. The van der Waals surface area contributed by atoms with Crippen molar-refractivity contribution in [2.24, 2.45) is 12.2 Å². The molecule has 42 heavy (non-hydrogen) atoms. The van der Waals surface area contributed by atoms with Crippen LogP contribution in [0, 0.1) is 0 Å². The van der Waals surface area contributed by atoms with Gasteiger partial charge in [-0.3, -0.25) is 9.48 Å². The van der Waals surface area contributed by atoms with Crippen LogP contribution in [0.25, 0.3) is 33.2 Å². The molecule has 1 fully saturated rings. The summed E-state index contributed by atoms with van der Waals surface area (Å²) in [5.74, 6) is 0.375. The minimum absolute atomic E-state index is 0.0189. The lowest BCUT2D eigenvalue weighted by Crippen LogP contribution is -2.47. The first-order valence-corrected chi connectivity index (χ1v) is 15.0. The first-order valence-electron chi connectivity index (χ1n) is 13.4. The topological polar surface area (TPSA) is 139 Å². The van der Waals surface area contributed by atoms with Gasteiger partial charge in [-0.2, -0.15) is 5.10 Å². The fourth-order valence-electron chi connectivity index (χ4n) is 5.08. The molecule has 0 unspecified atom stereocenters. The summed E-state index contributed by atoms with van der Waals surface area (Å²) in [4.78, 5) is 26.7. The molecule has 11 nitrogen and oxygen atoms in total. The lowest BCUT2D eigenvalue weighted by molar-refractivity contribution is 0.0664. The zero-order chi connectivity index (χ0) is 29.4. The van der Waals surface area contributed by atoms with Crippen LogP contribution in [-0.4, -0.2) is 77.1 Å². The molecule has 0 bridgehead atoms. The predicted molar refractivity (Wildman–Crippen MR) is 162 cm³/mol. The van der Waals surface area contributed by atoms with E-state index in [0.29, 0.717) is 35.8 Å². The maximum atomic E-state index is 13.2. The van der Waals surface area contributed by atoms with Crippen molar-refractivity contribution in [1.82, 2.24) is 29.5 Å². The molecule has 3 aromatic carbocycles. The van der Waals surface area contributed by atoms with Crippen LogP contribution in [-0.2, 0) is 17.1 Å². The maximum Gasteiger partial charge on any atom is 0.253 e. The molecule has 3 N–H and O–H groups in total. The van der Waals surface area contributed by atoms with E-state index in [9.17, 15) is 13.2 Å². The smallest absolute Gasteiger partial charge is 0.253 e. The molecule has 12 heteroatoms. The van der Waals surface area contributed by atoms with Crippen LogP contribution >= 0.6 is 0 Å². The van der Waals surface area contributed by atoms with E-state index >= 15 is 0 Å². The zero-order valence-corrected chi connectivity index (χ0v) is 24.0. The van der Waals surface area contributed by atoms with Crippen molar-refractivity contribution < 1.29 is 13.2 Å². The fourth-order valence-corrected chi connectivity index (χ4v) is 5.59. The number of piperazine rings is 1. The molecule has 3 heterocycles. The van der Waals surface area contributed by atoms with Gasteiger partial charge in [0.25, 0.3) is 5.91 Å². The number of nitrogens with zero attached hydrogens (tertiary/aromatic N) is 6. The molecule has 0 spiro atoms. The molecule has 1 amide bonds. The summed E-state index contributed by atoms with van der Waals surface area (Å²) in [6.45, 7) is 3.15. The van der Waals surface area contributed by atoms with Gasteiger partial charge in [0.2, 0.25) is 16.0 Å². The second-order valence-corrected chi connectivity index (χ2v) is 12.0. The molecule has 6 rings (SSSR count). The first kappa shape index (κ1) is 27.5. The fraction of sp³-hybridized carbons (Fsp3) is 0.200. The summed E-state index contributed by atoms with van der Waals surface area (Å²) >= 11 is 0. The van der Waals surface area contributed by atoms with E-state index in [1.165, 1.54) is 12.1 Å². The van der Waals surface area contributed by atoms with Gasteiger partial charge in [-0.25, -0.2) is 23.5 Å². The standard InChI is InChI=1S/C30H30N8O3S/c1-36-13-15-38(16-14-36)29(39)21-5-3-20(4-6-21)27-26(23-18-33-37(2)19-23)12-7-22-17-32-30(35-28(22)27)34-24-8-10-25(11-9-24)42(31,40)41/h3-12,17-19H,13-16H2,1-2H3,(H2,31,40,41)(H,32,34,35). The molecule has 0 radical (unpaired) electrons. The highest BCUT2D eigenvalue weighted by molar-refractivity contribution is 7.89. The minimum Gasteiger partial charge on any atom is -0.336 e. The van der Waals surface area contributed by atoms with Gasteiger partial charge in [0.05, 0.1) is 16.6 Å². The third kappa shape index (κ3) is 5.59. The van der Waals surface area contributed by atoms with Crippen molar-refractivity contribution in [1.29, 1.82) is 0 Å². The van der Waals surface area contributed by atoms with E-state index < -0.39 is 10.0 Å². The summed E-state index contributed by atoms with van der Waals surface area (Å²) < 4.78 is 25.0. The van der Waals surface area contributed by atoms with E-state index in [-0.39, 0.29) is 10.8 Å². The second-order valence-electron chi connectivity index (χ2n) is 10.4. The van der Waals surface area contributed by atoms with Gasteiger partial charge < -0.3 is 15.1 Å². The summed E-state index contributed by atoms with van der Waals surface area (Å²) in [5, 5.41) is 13.6. The molecular formula is C30H30N8O3S. The molecule has 5 aromatic rings. The number of fused-ring (bicyclic) bond motifs is 1. The van der Waals surface area contributed by atoms with Gasteiger partial charge in [0.15, 0.2) is 0 Å². The van der Waals surface area contributed by atoms with Crippen molar-refractivity contribution in [3.8, 4) is 22.3 Å². The van der Waals surface area contributed by atoms with Gasteiger partial charge in [-0.1, -0.05) is 24.3 Å². The summed E-state index contributed by atoms with van der Waals surface area (Å²) in [6, 6.07) is 17.7. The predicted octanol–water partition coefficient (Wildman–Crippen LogP) is 3.48. The number of aromatic nitrogens is 4. The lowest BCUT2D eigenvalue weighted by atomic mass is 9.93.